The van der Waals surface area contributed by atoms with Crippen molar-refractivity contribution in [2.45, 2.75) is 30.3 Å². The van der Waals surface area contributed by atoms with E-state index in [2.05, 4.69) is 40.7 Å². The highest BCUT2D eigenvalue weighted by Crippen LogP contribution is 2.36. The van der Waals surface area contributed by atoms with Gasteiger partial charge in [0.05, 0.1) is 5.54 Å². The second-order valence-electron chi connectivity index (χ2n) is 6.82. The van der Waals surface area contributed by atoms with Gasteiger partial charge in [-0.15, -0.1) is 11.8 Å². The number of benzene rings is 2. The normalized spacial score (nSPS) is 21.3. The SMILES string of the molecule is CSc1ccc(CN2CCC2(C)C(=O)Nc2ccc3c(c2)OCO3)cc1. The Morgan fingerprint density at radius 3 is 2.65 bits per heavy atom. The molecule has 0 aliphatic carbocycles. The van der Waals surface area contributed by atoms with E-state index >= 15 is 0 Å². The summed E-state index contributed by atoms with van der Waals surface area (Å²) in [4.78, 5) is 16.4. The molecule has 0 aromatic heterocycles. The number of ether oxygens (including phenoxy) is 2. The molecule has 1 unspecified atom stereocenters. The quantitative estimate of drug-likeness (QED) is 0.813. The summed E-state index contributed by atoms with van der Waals surface area (Å²) in [7, 11) is 0. The molecule has 2 aliphatic heterocycles. The van der Waals surface area contributed by atoms with E-state index in [0.717, 1.165) is 25.2 Å². The molecule has 136 valence electrons. The van der Waals surface area contributed by atoms with E-state index in [9.17, 15) is 4.79 Å². The van der Waals surface area contributed by atoms with Gasteiger partial charge in [-0.2, -0.15) is 0 Å². The van der Waals surface area contributed by atoms with Crippen molar-refractivity contribution in [3.05, 3.63) is 48.0 Å². The molecule has 0 bridgehead atoms. The summed E-state index contributed by atoms with van der Waals surface area (Å²) in [6, 6.07) is 14.0. The van der Waals surface area contributed by atoms with E-state index in [4.69, 9.17) is 9.47 Å². The highest BCUT2D eigenvalue weighted by molar-refractivity contribution is 7.98. The lowest BCUT2D eigenvalue weighted by Crippen LogP contribution is -2.63. The Hall–Kier alpha value is -2.18. The number of carbonyl (C=O) groups is 1. The Morgan fingerprint density at radius 1 is 1.19 bits per heavy atom. The molecule has 1 saturated heterocycles. The van der Waals surface area contributed by atoms with Crippen LogP contribution in [0.2, 0.25) is 0 Å². The van der Waals surface area contributed by atoms with Crippen LogP contribution in [0.1, 0.15) is 18.9 Å². The van der Waals surface area contributed by atoms with E-state index in [-0.39, 0.29) is 12.7 Å². The van der Waals surface area contributed by atoms with E-state index < -0.39 is 5.54 Å². The Morgan fingerprint density at radius 2 is 1.96 bits per heavy atom. The molecular formula is C20H22N2O3S. The first-order valence-electron chi connectivity index (χ1n) is 8.67. The van der Waals surface area contributed by atoms with Gasteiger partial charge in [0.2, 0.25) is 12.7 Å². The first-order chi connectivity index (χ1) is 12.6. The third-order valence-corrected chi connectivity index (χ3v) is 5.96. The van der Waals surface area contributed by atoms with Crippen molar-refractivity contribution in [2.24, 2.45) is 0 Å². The number of hydrogen-bond acceptors (Lipinski definition) is 5. The number of thioether (sulfide) groups is 1. The molecule has 0 radical (unpaired) electrons. The zero-order valence-corrected chi connectivity index (χ0v) is 15.8. The summed E-state index contributed by atoms with van der Waals surface area (Å²) in [5.74, 6) is 1.41. The van der Waals surface area contributed by atoms with Crippen LogP contribution in [-0.2, 0) is 11.3 Å². The number of anilines is 1. The molecule has 1 atom stereocenters. The Labute approximate surface area is 157 Å². The highest BCUT2D eigenvalue weighted by atomic mass is 32.2. The van der Waals surface area contributed by atoms with E-state index in [1.807, 2.05) is 25.1 Å². The summed E-state index contributed by atoms with van der Waals surface area (Å²) in [5, 5.41) is 3.03. The number of nitrogens with one attached hydrogen (secondary N) is 1. The van der Waals surface area contributed by atoms with Crippen molar-refractivity contribution < 1.29 is 14.3 Å². The van der Waals surface area contributed by atoms with Crippen LogP contribution in [0.4, 0.5) is 5.69 Å². The average Bonchev–Trinajstić information content (AvgIpc) is 3.12. The van der Waals surface area contributed by atoms with Crippen LogP contribution in [0.15, 0.2) is 47.4 Å². The third kappa shape index (κ3) is 3.15. The monoisotopic (exact) mass is 370 g/mol. The molecule has 2 aromatic rings. The summed E-state index contributed by atoms with van der Waals surface area (Å²) < 4.78 is 10.7. The van der Waals surface area contributed by atoms with Crippen molar-refractivity contribution in [3.63, 3.8) is 0 Å². The van der Waals surface area contributed by atoms with Gasteiger partial charge >= 0.3 is 0 Å². The molecule has 1 amide bonds. The van der Waals surface area contributed by atoms with E-state index in [1.165, 1.54) is 10.5 Å². The maximum absolute atomic E-state index is 12.9. The number of carbonyl (C=O) groups excluding carboxylic acids is 1. The second kappa shape index (κ2) is 6.85. The van der Waals surface area contributed by atoms with Crippen molar-refractivity contribution in [1.29, 1.82) is 0 Å². The van der Waals surface area contributed by atoms with Crippen molar-refractivity contribution in [1.82, 2.24) is 4.90 Å². The predicted octanol–water partition coefficient (Wildman–Crippen LogP) is 3.74. The number of likely N-dealkylation sites (tertiary alicyclic amines) is 1. The smallest absolute Gasteiger partial charge is 0.244 e. The molecule has 26 heavy (non-hydrogen) atoms. The average molecular weight is 370 g/mol. The summed E-state index contributed by atoms with van der Waals surface area (Å²) in [5.41, 5.74) is 1.47. The lowest BCUT2D eigenvalue weighted by atomic mass is 9.85. The Bertz CT molecular complexity index is 824. The fraction of sp³-hybridized carbons (Fsp3) is 0.350. The van der Waals surface area contributed by atoms with Crippen LogP contribution in [0.5, 0.6) is 11.5 Å². The summed E-state index contributed by atoms with van der Waals surface area (Å²) in [6.07, 6.45) is 2.92. The number of hydrogen-bond donors (Lipinski definition) is 1. The topological polar surface area (TPSA) is 50.8 Å². The van der Waals surface area contributed by atoms with Crippen LogP contribution in [0, 0.1) is 0 Å². The first kappa shape index (κ1) is 17.2. The second-order valence-corrected chi connectivity index (χ2v) is 7.70. The maximum Gasteiger partial charge on any atom is 0.244 e. The minimum absolute atomic E-state index is 0.0170. The standard InChI is InChI=1S/C20H22N2O3S/c1-20(9-10-22(20)12-14-3-6-16(26-2)7-4-14)19(23)21-15-5-8-17-18(11-15)25-13-24-17/h3-8,11H,9-10,12-13H2,1-2H3,(H,21,23). The van der Waals surface area contributed by atoms with E-state index in [1.54, 1.807) is 11.8 Å². The first-order valence-corrected chi connectivity index (χ1v) is 9.90. The molecule has 2 aromatic carbocycles. The fourth-order valence-electron chi connectivity index (χ4n) is 3.31. The maximum atomic E-state index is 12.9. The van der Waals surface area contributed by atoms with Gasteiger partial charge in [-0.1, -0.05) is 12.1 Å². The molecule has 0 spiro atoms. The number of amides is 1. The third-order valence-electron chi connectivity index (χ3n) is 5.22. The number of nitrogens with zero attached hydrogens (tertiary/aromatic N) is 1. The minimum atomic E-state index is -0.492. The van der Waals surface area contributed by atoms with Crippen molar-refractivity contribution in [3.8, 4) is 11.5 Å². The highest BCUT2D eigenvalue weighted by Gasteiger charge is 2.46. The molecule has 1 N–H and O–H groups in total. The minimum Gasteiger partial charge on any atom is -0.454 e. The molecule has 1 fully saturated rings. The van der Waals surface area contributed by atoms with Crippen LogP contribution in [0.3, 0.4) is 0 Å². The Balaban J connectivity index is 1.43. The lowest BCUT2D eigenvalue weighted by molar-refractivity contribution is -0.136. The van der Waals surface area contributed by atoms with Crippen molar-refractivity contribution in [2.75, 3.05) is 24.9 Å². The van der Waals surface area contributed by atoms with Gasteiger partial charge in [-0.05, 0) is 49.4 Å². The van der Waals surface area contributed by atoms with Gasteiger partial charge in [0.25, 0.3) is 0 Å². The lowest BCUT2D eigenvalue weighted by Gasteiger charge is -2.49. The van der Waals surface area contributed by atoms with Gasteiger partial charge in [-0.3, -0.25) is 9.69 Å². The van der Waals surface area contributed by atoms with Crippen LogP contribution >= 0.6 is 11.8 Å². The van der Waals surface area contributed by atoms with Crippen LogP contribution in [-0.4, -0.2) is 35.9 Å². The molecule has 6 heteroatoms. The fourth-order valence-corrected chi connectivity index (χ4v) is 3.72. The summed E-state index contributed by atoms with van der Waals surface area (Å²) >= 11 is 1.73. The van der Waals surface area contributed by atoms with Gasteiger partial charge in [-0.25, -0.2) is 0 Å². The molecular weight excluding hydrogens is 348 g/mol. The molecule has 0 saturated carbocycles. The van der Waals surface area contributed by atoms with Gasteiger partial charge < -0.3 is 14.8 Å². The molecule has 5 nitrogen and oxygen atoms in total. The molecule has 2 aliphatic rings. The Kier molecular flexibility index (Phi) is 4.54. The van der Waals surface area contributed by atoms with Crippen LogP contribution in [0.25, 0.3) is 0 Å². The predicted molar refractivity (Wildman–Crippen MR) is 103 cm³/mol. The van der Waals surface area contributed by atoms with Gasteiger partial charge in [0, 0.05) is 29.7 Å². The molecule has 2 heterocycles. The molecule has 4 rings (SSSR count). The van der Waals surface area contributed by atoms with Crippen molar-refractivity contribution >= 4 is 23.4 Å². The zero-order valence-electron chi connectivity index (χ0n) is 15.0. The van der Waals surface area contributed by atoms with Gasteiger partial charge in [0.1, 0.15) is 0 Å². The summed E-state index contributed by atoms with van der Waals surface area (Å²) in [6.45, 7) is 3.94. The number of rotatable bonds is 5. The zero-order chi connectivity index (χ0) is 18.1. The number of fused-ring (bicyclic) bond motifs is 1. The largest absolute Gasteiger partial charge is 0.454 e. The van der Waals surface area contributed by atoms with Gasteiger partial charge in [0.15, 0.2) is 11.5 Å². The van der Waals surface area contributed by atoms with E-state index in [0.29, 0.717) is 11.5 Å². The van der Waals surface area contributed by atoms with Crippen LogP contribution < -0.4 is 14.8 Å².